The Morgan fingerprint density at radius 2 is 1.67 bits per heavy atom. The molecule has 1 aromatic heterocycles. The number of nitrogens with zero attached hydrogens (tertiary/aromatic N) is 5. The van der Waals surface area contributed by atoms with Gasteiger partial charge in [-0.15, -0.1) is 0 Å². The first-order chi connectivity index (χ1) is 20.9. The molecule has 0 N–H and O–H groups in total. The molecular weight excluding hydrogens is 546 g/mol. The molecule has 3 aromatic carbocycles. The Hall–Kier alpha value is -4.57. The molecular formula is C33H37N5O5. The van der Waals surface area contributed by atoms with Crippen molar-refractivity contribution in [2.75, 3.05) is 51.5 Å². The highest BCUT2D eigenvalue weighted by molar-refractivity contribution is 5.78. The predicted octanol–water partition coefficient (Wildman–Crippen LogP) is 4.75. The Morgan fingerprint density at radius 1 is 0.907 bits per heavy atom. The second kappa shape index (κ2) is 12.3. The van der Waals surface area contributed by atoms with Crippen LogP contribution in [0, 0.1) is 20.8 Å². The third kappa shape index (κ3) is 6.29. The number of fused-ring (bicyclic) bond motifs is 1. The molecule has 0 aliphatic carbocycles. The number of carbonyl (C=O) groups is 1. The molecule has 2 aliphatic heterocycles. The summed E-state index contributed by atoms with van der Waals surface area (Å²) in [6.45, 7) is 10.4. The van der Waals surface area contributed by atoms with Crippen molar-refractivity contribution >= 4 is 11.6 Å². The normalized spacial score (nSPS) is 14.4. The zero-order valence-corrected chi connectivity index (χ0v) is 25.1. The molecule has 1 fully saturated rings. The first kappa shape index (κ1) is 28.5. The van der Waals surface area contributed by atoms with Crippen molar-refractivity contribution in [2.24, 2.45) is 0 Å². The minimum atomic E-state index is -0.0180. The molecule has 3 heterocycles. The molecule has 1 amide bonds. The number of ether oxygens (including phenoxy) is 3. The van der Waals surface area contributed by atoms with Gasteiger partial charge in [-0.3, -0.25) is 9.69 Å². The number of aromatic nitrogens is 2. The van der Waals surface area contributed by atoms with Gasteiger partial charge in [-0.2, -0.15) is 0 Å². The fourth-order valence-electron chi connectivity index (χ4n) is 5.60. The van der Waals surface area contributed by atoms with Crippen LogP contribution in [0.2, 0.25) is 0 Å². The van der Waals surface area contributed by atoms with E-state index in [0.717, 1.165) is 52.7 Å². The lowest BCUT2D eigenvalue weighted by Gasteiger charge is -2.37. The molecule has 0 saturated carbocycles. The van der Waals surface area contributed by atoms with E-state index >= 15 is 0 Å². The molecule has 2 aliphatic rings. The standard InChI is InChI=1S/C33H37N5O5/c1-22-6-5-7-29(23(22)2)37-12-14-38(15-13-37)33(39)20-40-30-10-8-25(26-9-11-31-32(17-26)42-21-41-31)16-27(30)18-36(4)19-28-24(3)34-43-35-28/h5-11,16-17H,12-15,18-21H2,1-4H3. The van der Waals surface area contributed by atoms with Gasteiger partial charge in [0.25, 0.3) is 5.91 Å². The molecule has 0 unspecified atom stereocenters. The summed E-state index contributed by atoms with van der Waals surface area (Å²) in [4.78, 5) is 19.6. The second-order valence-electron chi connectivity index (χ2n) is 11.2. The summed E-state index contributed by atoms with van der Waals surface area (Å²) in [7, 11) is 2.01. The minimum Gasteiger partial charge on any atom is -0.483 e. The van der Waals surface area contributed by atoms with Crippen molar-refractivity contribution in [2.45, 2.75) is 33.9 Å². The van der Waals surface area contributed by atoms with E-state index in [2.05, 4.69) is 58.2 Å². The zero-order chi connectivity index (χ0) is 29.9. The second-order valence-corrected chi connectivity index (χ2v) is 11.2. The number of aryl methyl sites for hydroxylation is 2. The van der Waals surface area contributed by atoms with Crippen LogP contribution in [0.4, 0.5) is 5.69 Å². The maximum absolute atomic E-state index is 13.2. The summed E-state index contributed by atoms with van der Waals surface area (Å²) in [5.41, 5.74) is 8.35. The van der Waals surface area contributed by atoms with Gasteiger partial charge in [0.2, 0.25) is 6.79 Å². The van der Waals surface area contributed by atoms with Gasteiger partial charge in [0.15, 0.2) is 18.1 Å². The quantitative estimate of drug-likeness (QED) is 0.277. The van der Waals surface area contributed by atoms with Crippen LogP contribution in [0.3, 0.4) is 0 Å². The molecule has 10 heteroatoms. The molecule has 10 nitrogen and oxygen atoms in total. The Kier molecular flexibility index (Phi) is 8.20. The Labute approximate surface area is 251 Å². The van der Waals surface area contributed by atoms with Gasteiger partial charge in [0.05, 0.1) is 0 Å². The van der Waals surface area contributed by atoms with Gasteiger partial charge in [-0.1, -0.05) is 34.6 Å². The highest BCUT2D eigenvalue weighted by Gasteiger charge is 2.23. The van der Waals surface area contributed by atoms with Crippen LogP contribution in [0.1, 0.15) is 28.1 Å². The molecule has 6 rings (SSSR count). The average Bonchev–Trinajstić information content (AvgIpc) is 3.66. The van der Waals surface area contributed by atoms with E-state index < -0.39 is 0 Å². The van der Waals surface area contributed by atoms with Crippen LogP contribution in [0.25, 0.3) is 11.1 Å². The maximum Gasteiger partial charge on any atom is 0.260 e. The third-order valence-electron chi connectivity index (χ3n) is 8.27. The SMILES string of the molecule is Cc1cccc(N2CCN(C(=O)COc3ccc(-c4ccc5c(c4)OCO5)cc3CN(C)Cc3nonc3C)CC2)c1C. The first-order valence-corrected chi connectivity index (χ1v) is 14.6. The highest BCUT2D eigenvalue weighted by atomic mass is 16.7. The summed E-state index contributed by atoms with van der Waals surface area (Å²) < 4.78 is 22.2. The van der Waals surface area contributed by atoms with Crippen LogP contribution in [-0.4, -0.2) is 72.6 Å². The summed E-state index contributed by atoms with van der Waals surface area (Å²) in [5, 5.41) is 7.92. The van der Waals surface area contributed by atoms with E-state index in [1.54, 1.807) is 0 Å². The molecule has 4 aromatic rings. The van der Waals surface area contributed by atoms with E-state index in [4.69, 9.17) is 18.8 Å². The molecule has 0 bridgehead atoms. The Morgan fingerprint density at radius 3 is 2.47 bits per heavy atom. The van der Waals surface area contributed by atoms with Crippen LogP contribution in [-0.2, 0) is 17.9 Å². The van der Waals surface area contributed by atoms with Crippen LogP contribution in [0.15, 0.2) is 59.2 Å². The fourth-order valence-corrected chi connectivity index (χ4v) is 5.60. The lowest BCUT2D eigenvalue weighted by molar-refractivity contribution is -0.133. The van der Waals surface area contributed by atoms with Crippen molar-refractivity contribution in [1.82, 2.24) is 20.1 Å². The predicted molar refractivity (Wildman–Crippen MR) is 162 cm³/mol. The van der Waals surface area contributed by atoms with Crippen molar-refractivity contribution < 1.29 is 23.6 Å². The minimum absolute atomic E-state index is 0.0101. The fraction of sp³-hybridized carbons (Fsp3) is 0.364. The lowest BCUT2D eigenvalue weighted by atomic mass is 10.0. The molecule has 224 valence electrons. The number of hydrogen-bond acceptors (Lipinski definition) is 9. The number of carbonyl (C=O) groups excluding carboxylic acids is 1. The van der Waals surface area contributed by atoms with Crippen molar-refractivity contribution in [3.63, 3.8) is 0 Å². The van der Waals surface area contributed by atoms with Crippen molar-refractivity contribution in [3.8, 4) is 28.4 Å². The van der Waals surface area contributed by atoms with Crippen LogP contribution >= 0.6 is 0 Å². The summed E-state index contributed by atoms with van der Waals surface area (Å²) in [5.74, 6) is 2.14. The number of benzene rings is 3. The summed E-state index contributed by atoms with van der Waals surface area (Å²) in [6, 6.07) is 18.4. The van der Waals surface area contributed by atoms with E-state index in [0.29, 0.717) is 31.9 Å². The van der Waals surface area contributed by atoms with Gasteiger partial charge >= 0.3 is 0 Å². The van der Waals surface area contributed by atoms with Crippen molar-refractivity contribution in [3.05, 3.63) is 82.7 Å². The molecule has 0 atom stereocenters. The zero-order valence-electron chi connectivity index (χ0n) is 25.1. The monoisotopic (exact) mass is 583 g/mol. The number of amides is 1. The van der Waals surface area contributed by atoms with Gasteiger partial charge in [0.1, 0.15) is 17.1 Å². The molecule has 0 spiro atoms. The van der Waals surface area contributed by atoms with E-state index in [9.17, 15) is 4.79 Å². The van der Waals surface area contributed by atoms with Gasteiger partial charge in [-0.05, 0) is 80.4 Å². The van der Waals surface area contributed by atoms with E-state index in [1.165, 1.54) is 16.8 Å². The summed E-state index contributed by atoms with van der Waals surface area (Å²) >= 11 is 0. The lowest BCUT2D eigenvalue weighted by Crippen LogP contribution is -2.50. The smallest absolute Gasteiger partial charge is 0.260 e. The Balaban J connectivity index is 1.15. The summed E-state index contributed by atoms with van der Waals surface area (Å²) in [6.07, 6.45) is 0. The number of piperazine rings is 1. The van der Waals surface area contributed by atoms with E-state index in [1.807, 2.05) is 49.2 Å². The van der Waals surface area contributed by atoms with Crippen LogP contribution < -0.4 is 19.1 Å². The molecule has 1 saturated heterocycles. The first-order valence-electron chi connectivity index (χ1n) is 14.6. The number of hydrogen-bond donors (Lipinski definition) is 0. The van der Waals surface area contributed by atoms with Gasteiger partial charge in [-0.25, -0.2) is 4.63 Å². The Bertz CT molecular complexity index is 1610. The number of anilines is 1. The highest BCUT2D eigenvalue weighted by Crippen LogP contribution is 2.37. The topological polar surface area (TPSA) is 93.4 Å². The maximum atomic E-state index is 13.2. The van der Waals surface area contributed by atoms with Crippen molar-refractivity contribution in [1.29, 1.82) is 0 Å². The molecule has 43 heavy (non-hydrogen) atoms. The largest absolute Gasteiger partial charge is 0.483 e. The third-order valence-corrected chi connectivity index (χ3v) is 8.27. The van der Waals surface area contributed by atoms with E-state index in [-0.39, 0.29) is 19.3 Å². The van der Waals surface area contributed by atoms with Crippen LogP contribution in [0.5, 0.6) is 17.2 Å². The average molecular weight is 584 g/mol. The molecule has 0 radical (unpaired) electrons. The number of rotatable bonds is 9. The van der Waals surface area contributed by atoms with Gasteiger partial charge in [0, 0.05) is 50.5 Å². The van der Waals surface area contributed by atoms with Gasteiger partial charge < -0.3 is 24.0 Å².